The van der Waals surface area contributed by atoms with Crippen molar-refractivity contribution in [3.05, 3.63) is 35.1 Å². The zero-order valence-corrected chi connectivity index (χ0v) is 8.50. The van der Waals surface area contributed by atoms with E-state index in [9.17, 15) is 24.2 Å². The minimum atomic E-state index is -3.20. The van der Waals surface area contributed by atoms with E-state index in [2.05, 4.69) is 5.73 Å². The molecule has 7 heteroatoms. The molecule has 1 unspecified atom stereocenters. The number of halogens is 1. The van der Waals surface area contributed by atoms with E-state index in [1.807, 2.05) is 0 Å². The Labute approximate surface area is 95.1 Å². The third-order valence-corrected chi connectivity index (χ3v) is 2.17. The minimum Gasteiger partial charge on any atom is -0.378 e. The highest BCUT2D eigenvalue weighted by molar-refractivity contribution is 5.80. The number of aldehydes is 1. The van der Waals surface area contributed by atoms with E-state index in [0.29, 0.717) is 6.29 Å². The SMILES string of the molecule is NC(=O)C(O)C(O)(O)c1cc(C=O)ccc1F. The molecule has 0 aromatic heterocycles. The van der Waals surface area contributed by atoms with Gasteiger partial charge in [0.2, 0.25) is 5.79 Å². The molecule has 0 bridgehead atoms. The standard InChI is InChI=1S/C10H10FNO5/c11-7-2-1-5(4-13)3-6(7)10(16,17)8(14)9(12)15/h1-4,8,14,16-17H,(H2,12,15). The maximum Gasteiger partial charge on any atom is 0.252 e. The number of nitrogens with two attached hydrogens (primary N) is 1. The van der Waals surface area contributed by atoms with Gasteiger partial charge in [0, 0.05) is 5.56 Å². The van der Waals surface area contributed by atoms with Crippen LogP contribution in [0.4, 0.5) is 4.39 Å². The number of aliphatic hydroxyl groups is 3. The van der Waals surface area contributed by atoms with Crippen molar-refractivity contribution < 1.29 is 29.3 Å². The Morgan fingerprint density at radius 1 is 1.47 bits per heavy atom. The molecule has 92 valence electrons. The molecule has 0 saturated carbocycles. The van der Waals surface area contributed by atoms with Gasteiger partial charge in [-0.2, -0.15) is 0 Å². The number of rotatable bonds is 4. The van der Waals surface area contributed by atoms with Gasteiger partial charge in [-0.05, 0) is 18.2 Å². The van der Waals surface area contributed by atoms with Crippen molar-refractivity contribution in [3.63, 3.8) is 0 Å². The monoisotopic (exact) mass is 243 g/mol. The second-order valence-electron chi connectivity index (χ2n) is 3.39. The van der Waals surface area contributed by atoms with Crippen molar-refractivity contribution in [2.75, 3.05) is 0 Å². The topological polar surface area (TPSA) is 121 Å². The molecule has 0 heterocycles. The number of carbonyl (C=O) groups excluding carboxylic acids is 2. The first kappa shape index (κ1) is 13.2. The third kappa shape index (κ3) is 2.47. The van der Waals surface area contributed by atoms with E-state index in [4.69, 9.17) is 5.11 Å². The van der Waals surface area contributed by atoms with Gasteiger partial charge in [0.15, 0.2) is 6.10 Å². The molecule has 0 aliphatic rings. The first-order valence-corrected chi connectivity index (χ1v) is 4.48. The molecule has 0 saturated heterocycles. The van der Waals surface area contributed by atoms with E-state index in [0.717, 1.165) is 18.2 Å². The van der Waals surface area contributed by atoms with Gasteiger partial charge in [-0.3, -0.25) is 9.59 Å². The molecular formula is C10H10FNO5. The molecule has 0 radical (unpaired) electrons. The van der Waals surface area contributed by atoms with Crippen LogP contribution in [0.2, 0.25) is 0 Å². The Kier molecular flexibility index (Phi) is 3.56. The van der Waals surface area contributed by atoms with Gasteiger partial charge in [-0.15, -0.1) is 0 Å². The molecule has 1 rings (SSSR count). The summed E-state index contributed by atoms with van der Waals surface area (Å²) in [5, 5.41) is 28.1. The summed E-state index contributed by atoms with van der Waals surface area (Å²) in [6.07, 6.45) is -2.07. The maximum atomic E-state index is 13.3. The summed E-state index contributed by atoms with van der Waals surface area (Å²) >= 11 is 0. The van der Waals surface area contributed by atoms with Crippen LogP contribution in [0.1, 0.15) is 15.9 Å². The number of hydrogen-bond donors (Lipinski definition) is 4. The summed E-state index contributed by atoms with van der Waals surface area (Å²) in [6.45, 7) is 0. The molecule has 0 spiro atoms. The van der Waals surface area contributed by atoms with Crippen molar-refractivity contribution in [3.8, 4) is 0 Å². The van der Waals surface area contributed by atoms with E-state index < -0.39 is 29.2 Å². The van der Waals surface area contributed by atoms with Crippen molar-refractivity contribution in [1.29, 1.82) is 0 Å². The van der Waals surface area contributed by atoms with E-state index >= 15 is 0 Å². The molecule has 5 N–H and O–H groups in total. The number of primary amides is 1. The molecular weight excluding hydrogens is 233 g/mol. The van der Waals surface area contributed by atoms with Gasteiger partial charge >= 0.3 is 0 Å². The molecule has 17 heavy (non-hydrogen) atoms. The predicted octanol–water partition coefficient (Wildman–Crippen LogP) is -1.38. The summed E-state index contributed by atoms with van der Waals surface area (Å²) in [5.74, 6) is -5.73. The summed E-state index contributed by atoms with van der Waals surface area (Å²) in [5.41, 5.74) is 3.82. The van der Waals surface area contributed by atoms with Crippen molar-refractivity contribution in [1.82, 2.24) is 0 Å². The second-order valence-corrected chi connectivity index (χ2v) is 3.39. The molecule has 0 aliphatic heterocycles. The lowest BCUT2D eigenvalue weighted by atomic mass is 9.97. The van der Waals surface area contributed by atoms with Crippen LogP contribution in [0.5, 0.6) is 0 Å². The Hall–Kier alpha value is -1.83. The van der Waals surface area contributed by atoms with Crippen LogP contribution in [0.15, 0.2) is 18.2 Å². The lowest BCUT2D eigenvalue weighted by Crippen LogP contribution is -2.48. The largest absolute Gasteiger partial charge is 0.378 e. The molecule has 1 aromatic carbocycles. The summed E-state index contributed by atoms with van der Waals surface area (Å²) in [7, 11) is 0. The van der Waals surface area contributed by atoms with E-state index in [1.54, 1.807) is 0 Å². The Morgan fingerprint density at radius 3 is 2.53 bits per heavy atom. The van der Waals surface area contributed by atoms with Crippen LogP contribution >= 0.6 is 0 Å². The number of benzene rings is 1. The minimum absolute atomic E-state index is 0.0504. The van der Waals surface area contributed by atoms with Gasteiger partial charge in [0.05, 0.1) is 5.56 Å². The predicted molar refractivity (Wildman–Crippen MR) is 53.1 cm³/mol. The first-order valence-electron chi connectivity index (χ1n) is 4.48. The molecule has 0 aliphatic carbocycles. The first-order chi connectivity index (χ1) is 7.80. The molecule has 1 atom stereocenters. The van der Waals surface area contributed by atoms with Gasteiger partial charge in [-0.1, -0.05) is 0 Å². The zero-order chi connectivity index (χ0) is 13.2. The molecule has 1 aromatic rings. The highest BCUT2D eigenvalue weighted by atomic mass is 19.1. The lowest BCUT2D eigenvalue weighted by molar-refractivity contribution is -0.231. The van der Waals surface area contributed by atoms with E-state index in [1.165, 1.54) is 0 Å². The fourth-order valence-corrected chi connectivity index (χ4v) is 1.24. The zero-order valence-electron chi connectivity index (χ0n) is 8.50. The smallest absolute Gasteiger partial charge is 0.252 e. The van der Waals surface area contributed by atoms with Gasteiger partial charge in [0.25, 0.3) is 5.91 Å². The Bertz CT molecular complexity index is 460. The van der Waals surface area contributed by atoms with Crippen molar-refractivity contribution >= 4 is 12.2 Å². The maximum absolute atomic E-state index is 13.3. The number of hydrogen-bond acceptors (Lipinski definition) is 5. The van der Waals surface area contributed by atoms with E-state index in [-0.39, 0.29) is 5.56 Å². The third-order valence-electron chi connectivity index (χ3n) is 2.17. The Morgan fingerprint density at radius 2 is 2.06 bits per heavy atom. The average Bonchev–Trinajstić information content (AvgIpc) is 2.28. The number of carbonyl (C=O) groups is 2. The number of amides is 1. The fraction of sp³-hybridized carbons (Fsp3) is 0.200. The molecule has 6 nitrogen and oxygen atoms in total. The quantitative estimate of drug-likeness (QED) is 0.383. The lowest BCUT2D eigenvalue weighted by Gasteiger charge is -2.26. The highest BCUT2D eigenvalue weighted by Crippen LogP contribution is 2.25. The normalized spacial score (nSPS) is 13.2. The van der Waals surface area contributed by atoms with Crippen molar-refractivity contribution in [2.24, 2.45) is 5.73 Å². The van der Waals surface area contributed by atoms with Crippen LogP contribution < -0.4 is 5.73 Å². The van der Waals surface area contributed by atoms with Crippen molar-refractivity contribution in [2.45, 2.75) is 11.9 Å². The van der Waals surface area contributed by atoms with Crippen LogP contribution in [0, 0.1) is 5.82 Å². The summed E-state index contributed by atoms with van der Waals surface area (Å²) < 4.78 is 13.3. The van der Waals surface area contributed by atoms with Crippen LogP contribution in [-0.4, -0.2) is 33.6 Å². The summed E-state index contributed by atoms with van der Waals surface area (Å²) in [6, 6.07) is 2.70. The summed E-state index contributed by atoms with van der Waals surface area (Å²) in [4.78, 5) is 21.1. The number of aliphatic hydroxyl groups excluding tert-OH is 1. The van der Waals surface area contributed by atoms with Crippen LogP contribution in [-0.2, 0) is 10.6 Å². The van der Waals surface area contributed by atoms with Gasteiger partial charge in [0.1, 0.15) is 12.1 Å². The second kappa shape index (κ2) is 4.58. The van der Waals surface area contributed by atoms with Gasteiger partial charge in [-0.25, -0.2) is 4.39 Å². The Balaban J connectivity index is 3.30. The fourth-order valence-electron chi connectivity index (χ4n) is 1.24. The highest BCUT2D eigenvalue weighted by Gasteiger charge is 2.41. The van der Waals surface area contributed by atoms with Gasteiger partial charge < -0.3 is 21.1 Å². The van der Waals surface area contributed by atoms with Crippen LogP contribution in [0.3, 0.4) is 0 Å². The van der Waals surface area contributed by atoms with Crippen LogP contribution in [0.25, 0.3) is 0 Å². The average molecular weight is 243 g/mol. The molecule has 1 amide bonds. The molecule has 0 fully saturated rings.